The van der Waals surface area contributed by atoms with E-state index in [2.05, 4.69) is 29.5 Å². The number of carbonyl (C=O) groups is 2. The number of anilines is 1. The molecule has 0 aliphatic rings. The predicted octanol–water partition coefficient (Wildman–Crippen LogP) is 4.67. The van der Waals surface area contributed by atoms with Gasteiger partial charge in [0.25, 0.3) is 5.91 Å². The molecule has 0 unspecified atom stereocenters. The monoisotopic (exact) mass is 503 g/mol. The van der Waals surface area contributed by atoms with E-state index < -0.39 is 6.04 Å². The number of ether oxygens (including phenoxy) is 1. The van der Waals surface area contributed by atoms with Crippen LogP contribution in [0.1, 0.15) is 44.8 Å². The molecular formula is C28H33N5O4. The molecule has 194 valence electrons. The van der Waals surface area contributed by atoms with Crippen molar-refractivity contribution in [2.24, 2.45) is 5.92 Å². The highest BCUT2D eigenvalue weighted by molar-refractivity contribution is 6.02. The van der Waals surface area contributed by atoms with E-state index in [-0.39, 0.29) is 18.4 Å². The predicted molar refractivity (Wildman–Crippen MR) is 141 cm³/mol. The second kappa shape index (κ2) is 11.7. The summed E-state index contributed by atoms with van der Waals surface area (Å²) in [6.45, 7) is 8.62. The molecule has 1 atom stereocenters. The van der Waals surface area contributed by atoms with Crippen LogP contribution in [0.4, 0.5) is 5.69 Å². The summed E-state index contributed by atoms with van der Waals surface area (Å²) in [5.74, 6) is 1.22. The van der Waals surface area contributed by atoms with Crippen LogP contribution in [-0.2, 0) is 16.1 Å². The molecule has 4 aromatic rings. The van der Waals surface area contributed by atoms with Gasteiger partial charge in [-0.15, -0.1) is 5.10 Å². The molecular weight excluding hydrogens is 470 g/mol. The Morgan fingerprint density at radius 3 is 2.57 bits per heavy atom. The van der Waals surface area contributed by atoms with Gasteiger partial charge in [0.15, 0.2) is 6.04 Å². The number of hydrogen-bond donors (Lipinski definition) is 1. The number of aromatic nitrogens is 3. The zero-order chi connectivity index (χ0) is 26.4. The van der Waals surface area contributed by atoms with E-state index in [0.717, 1.165) is 11.9 Å². The Kier molecular flexibility index (Phi) is 8.22. The highest BCUT2D eigenvalue weighted by Crippen LogP contribution is 2.36. The number of nitrogens with zero attached hydrogens (tertiary/aromatic N) is 4. The summed E-state index contributed by atoms with van der Waals surface area (Å²) in [7, 11) is 0. The minimum Gasteiger partial charge on any atom is -0.492 e. The largest absolute Gasteiger partial charge is 0.492 e. The molecule has 2 aromatic carbocycles. The Balaban J connectivity index is 1.79. The number of rotatable bonds is 11. The van der Waals surface area contributed by atoms with Crippen molar-refractivity contribution in [3.05, 3.63) is 72.2 Å². The number of fused-ring (bicyclic) bond motifs is 1. The lowest BCUT2D eigenvalue weighted by molar-refractivity contribution is -0.127. The smallest absolute Gasteiger partial charge is 0.251 e. The Hall–Kier alpha value is -4.14. The van der Waals surface area contributed by atoms with Crippen molar-refractivity contribution in [1.29, 1.82) is 0 Å². The molecule has 2 aromatic heterocycles. The van der Waals surface area contributed by atoms with Crippen molar-refractivity contribution in [2.75, 3.05) is 18.1 Å². The lowest BCUT2D eigenvalue weighted by Gasteiger charge is -2.31. The minimum absolute atomic E-state index is 0.129. The van der Waals surface area contributed by atoms with Crippen LogP contribution in [0, 0.1) is 12.8 Å². The molecule has 0 aliphatic heterocycles. The van der Waals surface area contributed by atoms with Gasteiger partial charge >= 0.3 is 0 Å². The molecule has 4 rings (SSSR count). The lowest BCUT2D eigenvalue weighted by atomic mass is 10.1. The molecule has 0 spiro atoms. The summed E-state index contributed by atoms with van der Waals surface area (Å²) in [4.78, 5) is 29.2. The van der Waals surface area contributed by atoms with Crippen LogP contribution >= 0.6 is 0 Å². The SMILES string of the molecule is CCOc1ccccc1N(C(=O)Cn1nnc2ccccc21)[C@@H](C(=O)NCCC(C)C)c1ccc(C)o1. The lowest BCUT2D eigenvalue weighted by Crippen LogP contribution is -2.45. The number of para-hydroxylation sites is 3. The summed E-state index contributed by atoms with van der Waals surface area (Å²) < 4.78 is 13.3. The van der Waals surface area contributed by atoms with Crippen molar-refractivity contribution < 1.29 is 18.7 Å². The summed E-state index contributed by atoms with van der Waals surface area (Å²) in [6.07, 6.45) is 0.810. The van der Waals surface area contributed by atoms with Crippen LogP contribution in [0.5, 0.6) is 5.75 Å². The fourth-order valence-electron chi connectivity index (χ4n) is 4.14. The van der Waals surface area contributed by atoms with Crippen LogP contribution in [0.15, 0.2) is 65.1 Å². The highest BCUT2D eigenvalue weighted by Gasteiger charge is 2.36. The van der Waals surface area contributed by atoms with E-state index in [0.29, 0.717) is 47.5 Å². The van der Waals surface area contributed by atoms with Gasteiger partial charge < -0.3 is 14.5 Å². The van der Waals surface area contributed by atoms with Crippen molar-refractivity contribution >= 4 is 28.5 Å². The standard InChI is InChI=1S/C28H33N5O4/c1-5-36-24-13-9-8-12-23(24)33(26(34)18-32-22-11-7-6-10-21(22)30-31-32)27(25-15-14-20(4)37-25)28(35)29-17-16-19(2)3/h6-15,19,27H,5,16-18H2,1-4H3,(H,29,35)/t27-/m1/s1. The molecule has 0 saturated heterocycles. The number of aryl methyl sites for hydroxylation is 1. The Morgan fingerprint density at radius 1 is 1.08 bits per heavy atom. The van der Waals surface area contributed by atoms with Gasteiger partial charge in [0.2, 0.25) is 5.91 Å². The quantitative estimate of drug-likeness (QED) is 0.319. The molecule has 0 bridgehead atoms. The fourth-order valence-corrected chi connectivity index (χ4v) is 4.14. The molecule has 0 fully saturated rings. The Bertz CT molecular complexity index is 1360. The van der Waals surface area contributed by atoms with Crippen LogP contribution in [-0.4, -0.2) is 40.0 Å². The topological polar surface area (TPSA) is 102 Å². The summed E-state index contributed by atoms with van der Waals surface area (Å²) in [6, 6.07) is 17.1. The third-order valence-electron chi connectivity index (χ3n) is 5.96. The summed E-state index contributed by atoms with van der Waals surface area (Å²) in [5, 5.41) is 11.4. The van der Waals surface area contributed by atoms with Crippen molar-refractivity contribution in [2.45, 2.75) is 46.7 Å². The molecule has 2 amide bonds. The van der Waals surface area contributed by atoms with Gasteiger partial charge in [0, 0.05) is 6.54 Å². The normalized spacial score (nSPS) is 12.0. The fraction of sp³-hybridized carbons (Fsp3) is 0.357. The molecule has 0 aliphatic carbocycles. The van der Waals surface area contributed by atoms with Crippen LogP contribution < -0.4 is 15.0 Å². The maximum Gasteiger partial charge on any atom is 0.251 e. The van der Waals surface area contributed by atoms with Crippen LogP contribution in [0.25, 0.3) is 11.0 Å². The second-order valence-corrected chi connectivity index (χ2v) is 9.22. The Morgan fingerprint density at radius 2 is 1.84 bits per heavy atom. The van der Waals surface area contributed by atoms with Crippen molar-refractivity contribution in [3.63, 3.8) is 0 Å². The third kappa shape index (κ3) is 5.99. The minimum atomic E-state index is -1.05. The molecule has 0 saturated carbocycles. The number of hydrogen-bond acceptors (Lipinski definition) is 6. The summed E-state index contributed by atoms with van der Waals surface area (Å²) >= 11 is 0. The third-order valence-corrected chi connectivity index (χ3v) is 5.96. The number of amides is 2. The van der Waals surface area contributed by atoms with E-state index in [1.165, 1.54) is 9.58 Å². The first kappa shape index (κ1) is 25.9. The average molecular weight is 504 g/mol. The number of nitrogens with one attached hydrogen (secondary N) is 1. The first-order valence-corrected chi connectivity index (χ1v) is 12.5. The maximum atomic E-state index is 14.1. The molecule has 9 nitrogen and oxygen atoms in total. The molecule has 9 heteroatoms. The van der Waals surface area contributed by atoms with E-state index >= 15 is 0 Å². The summed E-state index contributed by atoms with van der Waals surface area (Å²) in [5.41, 5.74) is 1.87. The average Bonchev–Trinajstić information content (AvgIpc) is 3.49. The van der Waals surface area contributed by atoms with Gasteiger partial charge in [-0.3, -0.25) is 14.5 Å². The molecule has 0 radical (unpaired) electrons. The number of benzene rings is 2. The van der Waals surface area contributed by atoms with E-state index in [9.17, 15) is 9.59 Å². The van der Waals surface area contributed by atoms with Gasteiger partial charge in [-0.05, 0) is 62.6 Å². The van der Waals surface area contributed by atoms with Gasteiger partial charge in [-0.25, -0.2) is 4.68 Å². The maximum absolute atomic E-state index is 14.1. The first-order valence-electron chi connectivity index (χ1n) is 12.5. The van der Waals surface area contributed by atoms with Crippen molar-refractivity contribution in [1.82, 2.24) is 20.3 Å². The zero-order valence-corrected chi connectivity index (χ0v) is 21.7. The zero-order valence-electron chi connectivity index (χ0n) is 21.7. The van der Waals surface area contributed by atoms with E-state index in [1.807, 2.05) is 43.3 Å². The van der Waals surface area contributed by atoms with Gasteiger partial charge in [0.1, 0.15) is 29.3 Å². The second-order valence-electron chi connectivity index (χ2n) is 9.22. The van der Waals surface area contributed by atoms with Gasteiger partial charge in [-0.1, -0.05) is 43.3 Å². The van der Waals surface area contributed by atoms with Gasteiger partial charge in [0.05, 0.1) is 17.8 Å². The Labute approximate surface area is 216 Å². The number of furan rings is 1. The molecule has 1 N–H and O–H groups in total. The molecule has 2 heterocycles. The van der Waals surface area contributed by atoms with E-state index in [4.69, 9.17) is 9.15 Å². The molecule has 37 heavy (non-hydrogen) atoms. The van der Waals surface area contributed by atoms with Gasteiger partial charge in [-0.2, -0.15) is 0 Å². The highest BCUT2D eigenvalue weighted by atomic mass is 16.5. The first-order chi connectivity index (χ1) is 17.9. The van der Waals surface area contributed by atoms with Crippen LogP contribution in [0.2, 0.25) is 0 Å². The van der Waals surface area contributed by atoms with E-state index in [1.54, 1.807) is 31.2 Å². The van der Waals surface area contributed by atoms with Crippen LogP contribution in [0.3, 0.4) is 0 Å². The van der Waals surface area contributed by atoms with Crippen molar-refractivity contribution in [3.8, 4) is 5.75 Å². The number of carbonyl (C=O) groups excluding carboxylic acids is 2.